The number of urea groups is 1. The Kier molecular flexibility index (Phi) is 4.82. The molecule has 21 heavy (non-hydrogen) atoms. The average molecular weight is 283 g/mol. The Bertz CT molecular complexity index is 606. The maximum Gasteiger partial charge on any atom is 0.323 e. The highest BCUT2D eigenvalue weighted by Gasteiger charge is 2.03. The molecule has 0 heterocycles. The van der Waals surface area contributed by atoms with Crippen LogP contribution in [-0.2, 0) is 6.42 Å². The van der Waals surface area contributed by atoms with E-state index in [2.05, 4.69) is 17.6 Å². The zero-order chi connectivity index (χ0) is 15.2. The van der Waals surface area contributed by atoms with Crippen molar-refractivity contribution in [1.82, 2.24) is 0 Å². The Labute approximate surface area is 125 Å². The van der Waals surface area contributed by atoms with Crippen molar-refractivity contribution in [3.8, 4) is 0 Å². The molecule has 0 saturated heterocycles. The van der Waals surface area contributed by atoms with Gasteiger partial charge in [-0.05, 0) is 48.4 Å². The number of carbonyl (C=O) groups excluding carboxylic acids is 1. The quantitative estimate of drug-likeness (QED) is 0.892. The summed E-state index contributed by atoms with van der Waals surface area (Å²) < 4.78 is 0. The number of nitrogens with zero attached hydrogens (tertiary/aromatic N) is 1. The summed E-state index contributed by atoms with van der Waals surface area (Å²) in [5, 5.41) is 5.67. The molecule has 0 unspecified atom stereocenters. The zero-order valence-electron chi connectivity index (χ0n) is 12.7. The van der Waals surface area contributed by atoms with Gasteiger partial charge in [0.15, 0.2) is 0 Å². The topological polar surface area (TPSA) is 44.4 Å². The Hall–Kier alpha value is -2.49. The summed E-state index contributed by atoms with van der Waals surface area (Å²) in [7, 11) is 3.96. The Morgan fingerprint density at radius 3 is 2.29 bits per heavy atom. The fourth-order valence-electron chi connectivity index (χ4n) is 2.01. The number of nitrogens with one attached hydrogen (secondary N) is 2. The summed E-state index contributed by atoms with van der Waals surface area (Å²) in [4.78, 5) is 14.0. The third-order valence-corrected chi connectivity index (χ3v) is 3.23. The standard InChI is InChI=1S/C17H21N3O/c1-4-13-6-5-7-15(12-13)19-17(21)18-14-8-10-16(11-9-14)20(2)3/h5-12H,4H2,1-3H3,(H2,18,19,21). The zero-order valence-corrected chi connectivity index (χ0v) is 12.7. The number of hydrogen-bond acceptors (Lipinski definition) is 2. The van der Waals surface area contributed by atoms with E-state index in [1.54, 1.807) is 0 Å². The van der Waals surface area contributed by atoms with Crippen molar-refractivity contribution in [1.29, 1.82) is 0 Å². The van der Waals surface area contributed by atoms with Crippen LogP contribution in [-0.4, -0.2) is 20.1 Å². The molecule has 2 aromatic rings. The average Bonchev–Trinajstić information content (AvgIpc) is 2.47. The van der Waals surface area contributed by atoms with Crippen LogP contribution in [0.1, 0.15) is 12.5 Å². The fraction of sp³-hybridized carbons (Fsp3) is 0.235. The van der Waals surface area contributed by atoms with Gasteiger partial charge in [0.25, 0.3) is 0 Å². The second-order valence-electron chi connectivity index (χ2n) is 5.07. The first-order valence-electron chi connectivity index (χ1n) is 7.03. The van der Waals surface area contributed by atoms with Crippen LogP contribution in [0.4, 0.5) is 21.9 Å². The molecule has 0 saturated carbocycles. The van der Waals surface area contributed by atoms with Crippen LogP contribution < -0.4 is 15.5 Å². The number of amides is 2. The molecule has 2 amide bonds. The minimum Gasteiger partial charge on any atom is -0.378 e. The van der Waals surface area contributed by atoms with E-state index in [1.165, 1.54) is 5.56 Å². The van der Waals surface area contributed by atoms with Crippen molar-refractivity contribution < 1.29 is 4.79 Å². The van der Waals surface area contributed by atoms with Gasteiger partial charge in [-0.25, -0.2) is 4.79 Å². The highest BCUT2D eigenvalue weighted by molar-refractivity contribution is 5.99. The molecule has 2 N–H and O–H groups in total. The van der Waals surface area contributed by atoms with Crippen LogP contribution in [0.15, 0.2) is 48.5 Å². The second-order valence-corrected chi connectivity index (χ2v) is 5.07. The number of hydrogen-bond donors (Lipinski definition) is 2. The Morgan fingerprint density at radius 1 is 1.00 bits per heavy atom. The van der Waals surface area contributed by atoms with Crippen molar-refractivity contribution in [2.45, 2.75) is 13.3 Å². The van der Waals surface area contributed by atoms with E-state index in [1.807, 2.05) is 67.5 Å². The molecule has 0 radical (unpaired) electrons. The third kappa shape index (κ3) is 4.24. The van der Waals surface area contributed by atoms with E-state index in [0.29, 0.717) is 0 Å². The van der Waals surface area contributed by atoms with E-state index in [9.17, 15) is 4.79 Å². The van der Waals surface area contributed by atoms with Gasteiger partial charge in [0.2, 0.25) is 0 Å². The monoisotopic (exact) mass is 283 g/mol. The number of benzene rings is 2. The molecule has 0 aliphatic rings. The number of rotatable bonds is 4. The first-order chi connectivity index (χ1) is 10.1. The predicted octanol–water partition coefficient (Wildman–Crippen LogP) is 3.96. The highest BCUT2D eigenvalue weighted by atomic mass is 16.2. The van der Waals surface area contributed by atoms with Crippen molar-refractivity contribution in [2.75, 3.05) is 29.6 Å². The van der Waals surface area contributed by atoms with Gasteiger partial charge in [0.05, 0.1) is 0 Å². The molecule has 0 spiro atoms. The van der Waals surface area contributed by atoms with Gasteiger partial charge < -0.3 is 15.5 Å². The highest BCUT2D eigenvalue weighted by Crippen LogP contribution is 2.16. The molecule has 0 fully saturated rings. The van der Waals surface area contributed by atoms with Crippen molar-refractivity contribution in [3.05, 3.63) is 54.1 Å². The summed E-state index contributed by atoms with van der Waals surface area (Å²) in [5.74, 6) is 0. The lowest BCUT2D eigenvalue weighted by Crippen LogP contribution is -2.19. The van der Waals surface area contributed by atoms with Crippen LogP contribution >= 0.6 is 0 Å². The molecule has 0 bridgehead atoms. The van der Waals surface area contributed by atoms with Crippen molar-refractivity contribution in [2.24, 2.45) is 0 Å². The third-order valence-electron chi connectivity index (χ3n) is 3.23. The molecule has 4 nitrogen and oxygen atoms in total. The number of anilines is 3. The minimum atomic E-state index is -0.235. The predicted molar refractivity (Wildman–Crippen MR) is 89.2 cm³/mol. The second kappa shape index (κ2) is 6.79. The Morgan fingerprint density at radius 2 is 1.67 bits per heavy atom. The van der Waals surface area contributed by atoms with Gasteiger partial charge in [-0.2, -0.15) is 0 Å². The van der Waals surface area contributed by atoms with Gasteiger partial charge in [0, 0.05) is 31.2 Å². The Balaban J connectivity index is 1.97. The maximum atomic E-state index is 12.0. The lowest BCUT2D eigenvalue weighted by Gasteiger charge is -2.13. The van der Waals surface area contributed by atoms with Crippen LogP contribution in [0.5, 0.6) is 0 Å². The van der Waals surface area contributed by atoms with E-state index in [-0.39, 0.29) is 6.03 Å². The van der Waals surface area contributed by atoms with E-state index in [0.717, 1.165) is 23.5 Å². The summed E-state index contributed by atoms with van der Waals surface area (Å²) in [6.07, 6.45) is 0.948. The van der Waals surface area contributed by atoms with E-state index >= 15 is 0 Å². The fourth-order valence-corrected chi connectivity index (χ4v) is 2.01. The molecule has 110 valence electrons. The van der Waals surface area contributed by atoms with Crippen LogP contribution in [0.2, 0.25) is 0 Å². The van der Waals surface area contributed by atoms with Gasteiger partial charge in [0.1, 0.15) is 0 Å². The molecule has 2 rings (SSSR count). The van der Waals surface area contributed by atoms with Crippen LogP contribution in [0, 0.1) is 0 Å². The minimum absolute atomic E-state index is 0.235. The van der Waals surface area contributed by atoms with Crippen LogP contribution in [0.25, 0.3) is 0 Å². The summed E-state index contributed by atoms with van der Waals surface area (Å²) >= 11 is 0. The number of aryl methyl sites for hydroxylation is 1. The molecular weight excluding hydrogens is 262 g/mol. The van der Waals surface area contributed by atoms with Crippen LogP contribution in [0.3, 0.4) is 0 Å². The van der Waals surface area contributed by atoms with Crippen molar-refractivity contribution >= 4 is 23.1 Å². The van der Waals surface area contributed by atoms with E-state index < -0.39 is 0 Å². The molecule has 2 aromatic carbocycles. The van der Waals surface area contributed by atoms with Gasteiger partial charge in [-0.3, -0.25) is 0 Å². The van der Waals surface area contributed by atoms with Gasteiger partial charge >= 0.3 is 6.03 Å². The summed E-state index contributed by atoms with van der Waals surface area (Å²) in [6.45, 7) is 2.09. The van der Waals surface area contributed by atoms with Gasteiger partial charge in [-0.1, -0.05) is 19.1 Å². The molecule has 4 heteroatoms. The SMILES string of the molecule is CCc1cccc(NC(=O)Nc2ccc(N(C)C)cc2)c1. The lowest BCUT2D eigenvalue weighted by molar-refractivity contribution is 0.262. The maximum absolute atomic E-state index is 12.0. The number of carbonyl (C=O) groups is 1. The van der Waals surface area contributed by atoms with Gasteiger partial charge in [-0.15, -0.1) is 0 Å². The first-order valence-corrected chi connectivity index (χ1v) is 7.03. The molecule has 0 aromatic heterocycles. The molecule has 0 aliphatic carbocycles. The smallest absolute Gasteiger partial charge is 0.323 e. The molecule has 0 atom stereocenters. The molecule has 0 aliphatic heterocycles. The normalized spacial score (nSPS) is 10.0. The first kappa shape index (κ1) is 14.9. The largest absolute Gasteiger partial charge is 0.378 e. The summed E-state index contributed by atoms with van der Waals surface area (Å²) in [5.41, 5.74) is 3.86. The van der Waals surface area contributed by atoms with Crippen molar-refractivity contribution in [3.63, 3.8) is 0 Å². The van der Waals surface area contributed by atoms with E-state index in [4.69, 9.17) is 0 Å². The lowest BCUT2D eigenvalue weighted by atomic mass is 10.1. The molecular formula is C17H21N3O. The summed E-state index contributed by atoms with van der Waals surface area (Å²) in [6, 6.07) is 15.3.